The van der Waals surface area contributed by atoms with E-state index in [2.05, 4.69) is 28.9 Å². The van der Waals surface area contributed by atoms with Crippen LogP contribution in [0.5, 0.6) is 0 Å². The molecule has 1 unspecified atom stereocenters. The van der Waals surface area contributed by atoms with E-state index in [9.17, 15) is 0 Å². The Morgan fingerprint density at radius 1 is 1.56 bits per heavy atom. The minimum Gasteiger partial charge on any atom is -0.197 e. The van der Waals surface area contributed by atoms with E-state index in [0.717, 1.165) is 19.3 Å². The van der Waals surface area contributed by atoms with Crippen LogP contribution in [0.1, 0.15) is 33.1 Å². The highest BCUT2D eigenvalue weighted by Gasteiger charge is 2.21. The molecule has 0 spiro atoms. The van der Waals surface area contributed by atoms with Gasteiger partial charge in [-0.1, -0.05) is 36.2 Å². The summed E-state index contributed by atoms with van der Waals surface area (Å²) >= 11 is 3.38. The number of nitriles is 1. The number of hydrogen-bond donors (Lipinski definition) is 0. The topological polar surface area (TPSA) is 23.8 Å². The summed E-state index contributed by atoms with van der Waals surface area (Å²) in [7, 11) is 0. The summed E-state index contributed by atoms with van der Waals surface area (Å²) in [4.78, 5) is 0. The molecule has 0 saturated carbocycles. The van der Waals surface area contributed by atoms with Crippen LogP contribution in [0.4, 0.5) is 0 Å². The van der Waals surface area contributed by atoms with Crippen molar-refractivity contribution in [3.05, 3.63) is 0 Å². The molecule has 1 atom stereocenters. The lowest BCUT2D eigenvalue weighted by molar-refractivity contribution is 0.633. The zero-order chi connectivity index (χ0) is 7.33. The fourth-order valence-electron chi connectivity index (χ4n) is 0.708. The Morgan fingerprint density at radius 2 is 2.11 bits per heavy atom. The van der Waals surface area contributed by atoms with Crippen molar-refractivity contribution in [2.24, 2.45) is 0 Å². The highest BCUT2D eigenvalue weighted by Crippen LogP contribution is 2.26. The molecule has 0 aromatic heterocycles. The van der Waals surface area contributed by atoms with Crippen LogP contribution in [0.25, 0.3) is 0 Å². The van der Waals surface area contributed by atoms with Gasteiger partial charge in [0.15, 0.2) is 0 Å². The van der Waals surface area contributed by atoms with Crippen molar-refractivity contribution in [2.75, 3.05) is 0 Å². The number of hydrogen-bond acceptors (Lipinski definition) is 1. The number of alkyl halides is 1. The Kier molecular flexibility index (Phi) is 3.88. The molecule has 0 N–H and O–H groups in total. The quantitative estimate of drug-likeness (QED) is 0.627. The summed E-state index contributed by atoms with van der Waals surface area (Å²) in [6.07, 6.45) is 2.89. The van der Waals surface area contributed by atoms with Crippen LogP contribution < -0.4 is 0 Å². The molecular weight excluding hydrogens is 178 g/mol. The molecular formula is C7H12BrN. The van der Waals surface area contributed by atoms with Crippen molar-refractivity contribution in [3.63, 3.8) is 0 Å². The van der Waals surface area contributed by atoms with Crippen molar-refractivity contribution >= 4 is 15.9 Å². The Labute approximate surface area is 65.2 Å². The van der Waals surface area contributed by atoms with E-state index in [4.69, 9.17) is 5.26 Å². The molecule has 0 aromatic carbocycles. The maximum atomic E-state index is 8.62. The first-order chi connectivity index (χ1) is 4.18. The van der Waals surface area contributed by atoms with Gasteiger partial charge in [0.25, 0.3) is 0 Å². The van der Waals surface area contributed by atoms with E-state index < -0.39 is 0 Å². The van der Waals surface area contributed by atoms with Gasteiger partial charge in [0.05, 0.1) is 6.07 Å². The van der Waals surface area contributed by atoms with Gasteiger partial charge in [-0.3, -0.25) is 0 Å². The fraction of sp³-hybridized carbons (Fsp3) is 0.857. The first-order valence-corrected chi connectivity index (χ1v) is 4.08. The summed E-state index contributed by atoms with van der Waals surface area (Å²) < 4.78 is -0.248. The number of nitrogens with zero attached hydrogens (tertiary/aromatic N) is 1. The second kappa shape index (κ2) is 3.90. The average molecular weight is 190 g/mol. The highest BCUT2D eigenvalue weighted by molar-refractivity contribution is 9.10. The number of halogens is 1. The summed E-state index contributed by atoms with van der Waals surface area (Å²) in [5.41, 5.74) is 0. The van der Waals surface area contributed by atoms with Gasteiger partial charge in [-0.15, -0.1) is 0 Å². The molecule has 2 heteroatoms. The Hall–Kier alpha value is -0.0300. The maximum absolute atomic E-state index is 8.62. The molecule has 0 bridgehead atoms. The fourth-order valence-corrected chi connectivity index (χ4v) is 1.10. The highest BCUT2D eigenvalue weighted by atomic mass is 79.9. The second-order valence-corrected chi connectivity index (χ2v) is 3.70. The van der Waals surface area contributed by atoms with Crippen molar-refractivity contribution in [1.29, 1.82) is 5.26 Å². The first kappa shape index (κ1) is 8.97. The van der Waals surface area contributed by atoms with E-state index in [1.165, 1.54) is 0 Å². The van der Waals surface area contributed by atoms with E-state index >= 15 is 0 Å². The van der Waals surface area contributed by atoms with Gasteiger partial charge < -0.3 is 0 Å². The van der Waals surface area contributed by atoms with Crippen LogP contribution in [0, 0.1) is 11.3 Å². The molecule has 0 aromatic rings. The Bertz CT molecular complexity index is 117. The molecule has 0 aliphatic rings. The van der Waals surface area contributed by atoms with E-state index in [0.29, 0.717) is 0 Å². The zero-order valence-electron chi connectivity index (χ0n) is 5.95. The summed E-state index contributed by atoms with van der Waals surface area (Å²) in [6.45, 7) is 4.11. The van der Waals surface area contributed by atoms with Gasteiger partial charge in [0.1, 0.15) is 4.32 Å². The summed E-state index contributed by atoms with van der Waals surface area (Å²) in [6, 6.07) is 2.25. The molecule has 0 fully saturated rings. The lowest BCUT2D eigenvalue weighted by atomic mass is 10.0. The van der Waals surface area contributed by atoms with Crippen molar-refractivity contribution in [1.82, 2.24) is 0 Å². The molecule has 0 heterocycles. The monoisotopic (exact) mass is 189 g/mol. The van der Waals surface area contributed by atoms with Crippen LogP contribution >= 0.6 is 15.9 Å². The van der Waals surface area contributed by atoms with Gasteiger partial charge in [-0.05, 0) is 12.8 Å². The molecule has 9 heavy (non-hydrogen) atoms. The third kappa shape index (κ3) is 2.86. The molecule has 1 nitrogen and oxygen atoms in total. The predicted molar refractivity (Wildman–Crippen MR) is 42.5 cm³/mol. The minimum absolute atomic E-state index is 0.248. The van der Waals surface area contributed by atoms with Crippen molar-refractivity contribution in [2.45, 2.75) is 37.4 Å². The molecule has 0 radical (unpaired) electrons. The van der Waals surface area contributed by atoms with Crippen LogP contribution in [0.2, 0.25) is 0 Å². The summed E-state index contributed by atoms with van der Waals surface area (Å²) in [5.74, 6) is 0. The average Bonchev–Trinajstić information content (AvgIpc) is 1.89. The van der Waals surface area contributed by atoms with E-state index in [-0.39, 0.29) is 4.32 Å². The molecule has 0 rings (SSSR count). The normalized spacial score (nSPS) is 16.2. The minimum atomic E-state index is -0.248. The third-order valence-corrected chi connectivity index (χ3v) is 2.54. The first-order valence-electron chi connectivity index (χ1n) is 3.28. The zero-order valence-corrected chi connectivity index (χ0v) is 7.53. The maximum Gasteiger partial charge on any atom is 0.112 e. The van der Waals surface area contributed by atoms with Crippen LogP contribution in [0.15, 0.2) is 0 Å². The van der Waals surface area contributed by atoms with Gasteiger partial charge in [0, 0.05) is 0 Å². The van der Waals surface area contributed by atoms with E-state index in [1.807, 2.05) is 6.92 Å². The molecule has 52 valence electrons. The second-order valence-electron chi connectivity index (χ2n) is 2.18. The van der Waals surface area contributed by atoms with Gasteiger partial charge >= 0.3 is 0 Å². The molecule has 0 aliphatic carbocycles. The molecule has 0 saturated heterocycles. The Morgan fingerprint density at radius 3 is 2.22 bits per heavy atom. The van der Waals surface area contributed by atoms with Crippen molar-refractivity contribution < 1.29 is 0 Å². The third-order valence-electron chi connectivity index (χ3n) is 1.41. The lowest BCUT2D eigenvalue weighted by Crippen LogP contribution is -2.15. The summed E-state index contributed by atoms with van der Waals surface area (Å²) in [5, 5.41) is 8.62. The van der Waals surface area contributed by atoms with Gasteiger partial charge in [0.2, 0.25) is 0 Å². The van der Waals surface area contributed by atoms with Crippen LogP contribution in [-0.4, -0.2) is 4.32 Å². The SMILES string of the molecule is CCCC(Br)(C#N)CC. The predicted octanol–water partition coefficient (Wildman–Crippen LogP) is 2.85. The Balaban J connectivity index is 3.81. The standard InChI is InChI=1S/C7H12BrN/c1-3-5-7(8,4-2)6-9/h3-5H2,1-2H3. The van der Waals surface area contributed by atoms with Crippen LogP contribution in [0.3, 0.4) is 0 Å². The molecule has 0 amide bonds. The lowest BCUT2D eigenvalue weighted by Gasteiger charge is -2.14. The number of rotatable bonds is 3. The van der Waals surface area contributed by atoms with Gasteiger partial charge in [-0.25, -0.2) is 0 Å². The largest absolute Gasteiger partial charge is 0.197 e. The van der Waals surface area contributed by atoms with Crippen molar-refractivity contribution in [3.8, 4) is 6.07 Å². The van der Waals surface area contributed by atoms with Crippen LogP contribution in [-0.2, 0) is 0 Å². The molecule has 0 aliphatic heterocycles. The smallest absolute Gasteiger partial charge is 0.112 e. The van der Waals surface area contributed by atoms with E-state index in [1.54, 1.807) is 0 Å². The van der Waals surface area contributed by atoms with Gasteiger partial charge in [-0.2, -0.15) is 5.26 Å².